The summed E-state index contributed by atoms with van der Waals surface area (Å²) >= 11 is 1.44. The monoisotopic (exact) mass is 413 g/mol. The average molecular weight is 413 g/mol. The third-order valence-corrected chi connectivity index (χ3v) is 4.63. The molecule has 2 aromatic heterocycles. The number of rotatable bonds is 5. The van der Waals surface area contributed by atoms with Gasteiger partial charge >= 0.3 is 12.1 Å². The molecular weight excluding hydrogens is 390 g/mol. The van der Waals surface area contributed by atoms with Crippen molar-refractivity contribution >= 4 is 33.6 Å². The van der Waals surface area contributed by atoms with E-state index in [0.29, 0.717) is 12.2 Å². The van der Waals surface area contributed by atoms with Crippen LogP contribution in [0.1, 0.15) is 43.9 Å². The van der Waals surface area contributed by atoms with Gasteiger partial charge in [-0.1, -0.05) is 18.2 Å². The lowest BCUT2D eigenvalue weighted by atomic mass is 10.1. The average Bonchev–Trinajstić information content (AvgIpc) is 3.13. The Balaban J connectivity index is 1.88. The Morgan fingerprint density at radius 3 is 2.69 bits per heavy atom. The zero-order chi connectivity index (χ0) is 21.0. The number of carbonyl (C=O) groups excluding carboxylic acids is 2. The van der Waals surface area contributed by atoms with Crippen LogP contribution in [0.25, 0.3) is 21.5 Å². The number of carbonyl (C=O) groups is 2. The fraction of sp³-hybridized carbons (Fsp3) is 0.333. The lowest BCUT2D eigenvalue weighted by Gasteiger charge is -2.19. The highest BCUT2D eigenvalue weighted by atomic mass is 32.1. The fourth-order valence-electron chi connectivity index (χ4n) is 2.68. The van der Waals surface area contributed by atoms with Crippen LogP contribution in [-0.2, 0) is 16.0 Å². The number of hydrogen-bond acceptors (Lipinski definition) is 7. The number of fused-ring (bicyclic) bond motifs is 1. The van der Waals surface area contributed by atoms with Crippen molar-refractivity contribution in [1.82, 2.24) is 15.3 Å². The lowest BCUT2D eigenvalue weighted by molar-refractivity contribution is 0.0506. The van der Waals surface area contributed by atoms with E-state index in [1.54, 1.807) is 6.92 Å². The van der Waals surface area contributed by atoms with Gasteiger partial charge in [-0.25, -0.2) is 19.6 Å². The first-order chi connectivity index (χ1) is 13.8. The fourth-order valence-corrected chi connectivity index (χ4v) is 3.44. The molecule has 0 fully saturated rings. The van der Waals surface area contributed by atoms with Gasteiger partial charge in [0, 0.05) is 17.5 Å². The minimum absolute atomic E-state index is 0.0362. The zero-order valence-electron chi connectivity index (χ0n) is 16.8. The molecule has 0 aliphatic heterocycles. The van der Waals surface area contributed by atoms with E-state index in [9.17, 15) is 9.59 Å². The Morgan fingerprint density at radius 2 is 1.97 bits per heavy atom. The molecule has 0 spiro atoms. The molecule has 0 saturated heterocycles. The van der Waals surface area contributed by atoms with Crippen molar-refractivity contribution < 1.29 is 19.1 Å². The maximum absolute atomic E-state index is 12.1. The van der Waals surface area contributed by atoms with E-state index in [0.717, 1.165) is 21.3 Å². The van der Waals surface area contributed by atoms with Crippen LogP contribution in [0, 0.1) is 0 Å². The Morgan fingerprint density at radius 1 is 1.17 bits per heavy atom. The molecule has 0 saturated carbocycles. The van der Waals surface area contributed by atoms with Gasteiger partial charge in [0.25, 0.3) is 0 Å². The van der Waals surface area contributed by atoms with Crippen molar-refractivity contribution in [2.75, 3.05) is 6.61 Å². The van der Waals surface area contributed by atoms with Crippen molar-refractivity contribution in [3.05, 3.63) is 47.1 Å². The zero-order valence-corrected chi connectivity index (χ0v) is 17.6. The lowest BCUT2D eigenvalue weighted by Crippen LogP contribution is -2.32. The number of hydrogen-bond donors (Lipinski definition) is 1. The predicted molar refractivity (Wildman–Crippen MR) is 112 cm³/mol. The number of esters is 1. The van der Waals surface area contributed by atoms with Gasteiger partial charge in [-0.3, -0.25) is 0 Å². The maximum atomic E-state index is 12.1. The molecule has 1 N–H and O–H groups in total. The normalized spacial score (nSPS) is 11.3. The van der Waals surface area contributed by atoms with Crippen LogP contribution >= 0.6 is 11.3 Å². The molecule has 0 aliphatic carbocycles. The molecule has 2 heterocycles. The number of benzene rings is 1. The van der Waals surface area contributed by atoms with Gasteiger partial charge < -0.3 is 14.8 Å². The molecule has 1 amide bonds. The van der Waals surface area contributed by atoms with E-state index < -0.39 is 17.7 Å². The molecule has 1 aromatic carbocycles. The van der Waals surface area contributed by atoms with Crippen LogP contribution in [0.5, 0.6) is 0 Å². The highest BCUT2D eigenvalue weighted by Crippen LogP contribution is 2.30. The van der Waals surface area contributed by atoms with Crippen molar-refractivity contribution in [2.45, 2.75) is 39.8 Å². The summed E-state index contributed by atoms with van der Waals surface area (Å²) < 4.78 is 10.3. The topological polar surface area (TPSA) is 90.4 Å². The summed E-state index contributed by atoms with van der Waals surface area (Å²) in [5.41, 5.74) is 1.80. The van der Waals surface area contributed by atoms with Crippen molar-refractivity contribution in [2.24, 2.45) is 0 Å². The number of alkyl carbamates (subject to hydrolysis) is 1. The number of thiophene rings is 1. The van der Waals surface area contributed by atoms with Gasteiger partial charge in [-0.2, -0.15) is 0 Å². The van der Waals surface area contributed by atoms with Crippen LogP contribution < -0.4 is 5.32 Å². The quantitative estimate of drug-likeness (QED) is 0.617. The van der Waals surface area contributed by atoms with Gasteiger partial charge in [0.15, 0.2) is 0 Å². The smallest absolute Gasteiger partial charge is 0.407 e. The maximum Gasteiger partial charge on any atom is 0.407 e. The molecule has 0 unspecified atom stereocenters. The minimum atomic E-state index is -0.555. The molecule has 7 nitrogen and oxygen atoms in total. The first-order valence-corrected chi connectivity index (χ1v) is 10.1. The molecule has 152 valence electrons. The van der Waals surface area contributed by atoms with Gasteiger partial charge in [-0.05, 0) is 50.8 Å². The highest BCUT2D eigenvalue weighted by molar-refractivity contribution is 7.16. The molecule has 0 atom stereocenters. The van der Waals surface area contributed by atoms with E-state index in [1.807, 2.05) is 56.5 Å². The van der Waals surface area contributed by atoms with Gasteiger partial charge in [0.2, 0.25) is 5.82 Å². The SMILES string of the molecule is CCOC(=O)c1nc(-c2cccc(CNC(=O)OC(C)(C)C)c2)c2ccsc2n1. The summed E-state index contributed by atoms with van der Waals surface area (Å²) in [7, 11) is 0. The van der Waals surface area contributed by atoms with Gasteiger partial charge in [0.1, 0.15) is 10.4 Å². The Bertz CT molecular complexity index is 1040. The summed E-state index contributed by atoms with van der Waals surface area (Å²) in [6, 6.07) is 9.54. The molecule has 0 radical (unpaired) electrons. The van der Waals surface area contributed by atoms with E-state index in [2.05, 4.69) is 15.3 Å². The molecule has 3 rings (SSSR count). The summed E-state index contributed by atoms with van der Waals surface area (Å²) in [6.45, 7) is 7.75. The van der Waals surface area contributed by atoms with Crippen LogP contribution in [0.15, 0.2) is 35.7 Å². The summed E-state index contributed by atoms with van der Waals surface area (Å²) in [5.74, 6) is -0.513. The van der Waals surface area contributed by atoms with E-state index in [-0.39, 0.29) is 12.4 Å². The van der Waals surface area contributed by atoms with E-state index in [4.69, 9.17) is 9.47 Å². The second-order valence-corrected chi connectivity index (χ2v) is 8.21. The predicted octanol–water partition coefficient (Wildman–Crippen LogP) is 4.56. The second kappa shape index (κ2) is 8.57. The highest BCUT2D eigenvalue weighted by Gasteiger charge is 2.18. The van der Waals surface area contributed by atoms with E-state index in [1.165, 1.54) is 11.3 Å². The molecule has 8 heteroatoms. The number of nitrogens with one attached hydrogen (secondary N) is 1. The van der Waals surface area contributed by atoms with Crippen LogP contribution in [-0.4, -0.2) is 34.2 Å². The first-order valence-electron chi connectivity index (χ1n) is 9.25. The number of nitrogens with zero attached hydrogens (tertiary/aromatic N) is 2. The number of amides is 1. The van der Waals surface area contributed by atoms with Gasteiger partial charge in [0.05, 0.1) is 12.3 Å². The first kappa shape index (κ1) is 20.7. The third kappa shape index (κ3) is 5.29. The Kier molecular flexibility index (Phi) is 6.12. The van der Waals surface area contributed by atoms with Crippen molar-refractivity contribution in [1.29, 1.82) is 0 Å². The standard InChI is InChI=1S/C21H23N3O4S/c1-5-27-19(25)17-23-16(15-9-10-29-18(15)24-17)14-8-6-7-13(11-14)12-22-20(26)28-21(2,3)4/h6-11H,5,12H2,1-4H3,(H,22,26). The van der Waals surface area contributed by atoms with Crippen LogP contribution in [0.4, 0.5) is 4.79 Å². The third-order valence-electron chi connectivity index (χ3n) is 3.82. The second-order valence-electron chi connectivity index (χ2n) is 7.31. The summed E-state index contributed by atoms with van der Waals surface area (Å²) in [5, 5.41) is 5.52. The Hall–Kier alpha value is -3.00. The van der Waals surface area contributed by atoms with Crippen molar-refractivity contribution in [3.8, 4) is 11.3 Å². The van der Waals surface area contributed by atoms with Crippen LogP contribution in [0.3, 0.4) is 0 Å². The minimum Gasteiger partial charge on any atom is -0.460 e. The molecule has 0 aliphatic rings. The number of aromatic nitrogens is 2. The van der Waals surface area contributed by atoms with Crippen molar-refractivity contribution in [3.63, 3.8) is 0 Å². The molecular formula is C21H23N3O4S. The van der Waals surface area contributed by atoms with E-state index >= 15 is 0 Å². The number of ether oxygens (including phenoxy) is 2. The summed E-state index contributed by atoms with van der Waals surface area (Å²) in [6.07, 6.45) is -0.477. The summed E-state index contributed by atoms with van der Waals surface area (Å²) in [4.78, 5) is 33.5. The van der Waals surface area contributed by atoms with Crippen LogP contribution in [0.2, 0.25) is 0 Å². The molecule has 29 heavy (non-hydrogen) atoms. The molecule has 3 aromatic rings. The Labute approximate surface area is 173 Å². The molecule has 0 bridgehead atoms. The largest absolute Gasteiger partial charge is 0.460 e. The van der Waals surface area contributed by atoms with Gasteiger partial charge in [-0.15, -0.1) is 11.3 Å².